The Hall–Kier alpha value is -2.57. The summed E-state index contributed by atoms with van der Waals surface area (Å²) in [6.07, 6.45) is 2.15. The van der Waals surface area contributed by atoms with Crippen LogP contribution in [0.2, 0.25) is 0 Å². The van der Waals surface area contributed by atoms with Gasteiger partial charge in [0.05, 0.1) is 5.69 Å². The van der Waals surface area contributed by atoms with Crippen molar-refractivity contribution >= 4 is 23.3 Å². The zero-order valence-electron chi connectivity index (χ0n) is 13.6. The van der Waals surface area contributed by atoms with Crippen LogP contribution in [-0.4, -0.2) is 40.6 Å². The number of nitrogens with two attached hydrogens (primary N) is 2. The summed E-state index contributed by atoms with van der Waals surface area (Å²) in [6.45, 7) is 6.43. The molecule has 4 N–H and O–H groups in total. The van der Waals surface area contributed by atoms with E-state index in [1.807, 2.05) is 26.8 Å². The molecule has 0 saturated heterocycles. The average Bonchev–Trinajstić information content (AvgIpc) is 2.45. The molecule has 0 bridgehead atoms. The molecule has 0 atom stereocenters. The van der Waals surface area contributed by atoms with Crippen molar-refractivity contribution in [3.8, 4) is 0 Å². The van der Waals surface area contributed by atoms with Crippen LogP contribution in [-0.2, 0) is 4.74 Å². The minimum absolute atomic E-state index is 0.135. The van der Waals surface area contributed by atoms with Crippen molar-refractivity contribution in [3.05, 3.63) is 29.6 Å². The van der Waals surface area contributed by atoms with Crippen LogP contribution in [0, 0.1) is 0 Å². The van der Waals surface area contributed by atoms with Gasteiger partial charge in [0.15, 0.2) is 0 Å². The lowest BCUT2D eigenvalue weighted by atomic mass is 10.0. The summed E-state index contributed by atoms with van der Waals surface area (Å²) >= 11 is 0. The van der Waals surface area contributed by atoms with Crippen molar-refractivity contribution in [1.82, 2.24) is 9.88 Å². The quantitative estimate of drug-likeness (QED) is 0.863. The number of nitrogens with zero attached hydrogens (tertiary/aromatic N) is 2. The van der Waals surface area contributed by atoms with E-state index < -0.39 is 11.5 Å². The summed E-state index contributed by atoms with van der Waals surface area (Å²) in [5.41, 5.74) is 12.6. The zero-order chi connectivity index (χ0) is 17.2. The van der Waals surface area contributed by atoms with Gasteiger partial charge in [-0.3, -0.25) is 4.79 Å². The minimum atomic E-state index is -0.620. The first kappa shape index (κ1) is 16.8. The molecule has 0 spiro atoms. The van der Waals surface area contributed by atoms with E-state index in [2.05, 4.69) is 4.98 Å². The Morgan fingerprint density at radius 3 is 2.52 bits per heavy atom. The van der Waals surface area contributed by atoms with E-state index in [-0.39, 0.29) is 11.8 Å². The lowest BCUT2D eigenvalue weighted by Crippen LogP contribution is -2.39. The molecule has 2 heterocycles. The molecule has 0 aliphatic carbocycles. The number of nitrogen functional groups attached to an aromatic ring is 1. The van der Waals surface area contributed by atoms with Crippen molar-refractivity contribution in [1.29, 1.82) is 0 Å². The molecule has 1 aliphatic rings. The first-order valence-electron chi connectivity index (χ1n) is 7.40. The van der Waals surface area contributed by atoms with Gasteiger partial charge in [-0.25, -0.2) is 9.78 Å². The second-order valence-corrected chi connectivity index (χ2v) is 6.44. The maximum absolute atomic E-state index is 12.0. The highest BCUT2D eigenvalue weighted by Crippen LogP contribution is 2.24. The van der Waals surface area contributed by atoms with Crippen LogP contribution in [0.4, 0.5) is 10.5 Å². The van der Waals surface area contributed by atoms with Crippen LogP contribution < -0.4 is 11.5 Å². The second kappa shape index (κ2) is 6.28. The number of carbonyl (C=O) groups is 2. The third kappa shape index (κ3) is 4.45. The normalized spacial score (nSPS) is 15.1. The van der Waals surface area contributed by atoms with E-state index in [1.54, 1.807) is 11.0 Å². The molecular weight excluding hydrogens is 296 g/mol. The minimum Gasteiger partial charge on any atom is -0.444 e. The Balaban J connectivity index is 2.13. The third-order valence-electron chi connectivity index (χ3n) is 3.29. The van der Waals surface area contributed by atoms with Crippen LogP contribution in [0.5, 0.6) is 0 Å². The van der Waals surface area contributed by atoms with E-state index in [0.29, 0.717) is 30.9 Å². The SMILES string of the molecule is CC(C)(C)OC(=O)N1CC=C(c2cc(N)cc(C(N)=O)n2)CC1. The van der Waals surface area contributed by atoms with Gasteiger partial charge >= 0.3 is 6.09 Å². The molecule has 2 amide bonds. The molecule has 1 aromatic heterocycles. The standard InChI is InChI=1S/C16H22N4O3/c1-16(2,3)23-15(22)20-6-4-10(5-7-20)12-8-11(17)9-13(19-12)14(18)21/h4,8-9H,5-7H2,1-3H3,(H2,17,19)(H2,18,21). The number of rotatable bonds is 2. The van der Waals surface area contributed by atoms with E-state index in [1.165, 1.54) is 6.07 Å². The molecule has 0 aromatic carbocycles. The van der Waals surface area contributed by atoms with E-state index in [4.69, 9.17) is 16.2 Å². The zero-order valence-corrected chi connectivity index (χ0v) is 13.6. The van der Waals surface area contributed by atoms with E-state index in [9.17, 15) is 9.59 Å². The van der Waals surface area contributed by atoms with Crippen molar-refractivity contribution < 1.29 is 14.3 Å². The lowest BCUT2D eigenvalue weighted by molar-refractivity contribution is 0.0270. The molecule has 1 aromatic rings. The molecule has 23 heavy (non-hydrogen) atoms. The van der Waals surface area contributed by atoms with Crippen LogP contribution in [0.3, 0.4) is 0 Å². The molecule has 7 nitrogen and oxygen atoms in total. The van der Waals surface area contributed by atoms with Crippen LogP contribution in [0.25, 0.3) is 5.57 Å². The van der Waals surface area contributed by atoms with Crippen molar-refractivity contribution in [2.24, 2.45) is 5.73 Å². The van der Waals surface area contributed by atoms with Crippen LogP contribution in [0.15, 0.2) is 18.2 Å². The first-order valence-corrected chi connectivity index (χ1v) is 7.40. The summed E-state index contributed by atoms with van der Waals surface area (Å²) in [7, 11) is 0. The number of hydrogen-bond donors (Lipinski definition) is 2. The second-order valence-electron chi connectivity index (χ2n) is 6.44. The maximum Gasteiger partial charge on any atom is 0.410 e. The number of primary amides is 1. The van der Waals surface area contributed by atoms with Gasteiger partial charge in [0.1, 0.15) is 11.3 Å². The van der Waals surface area contributed by atoms with Crippen LogP contribution >= 0.6 is 0 Å². The molecule has 2 rings (SSSR count). The fraction of sp³-hybridized carbons (Fsp3) is 0.438. The van der Waals surface area contributed by atoms with Crippen molar-refractivity contribution in [2.45, 2.75) is 32.8 Å². The van der Waals surface area contributed by atoms with Gasteiger partial charge in [-0.2, -0.15) is 0 Å². The molecule has 124 valence electrons. The van der Waals surface area contributed by atoms with Crippen molar-refractivity contribution in [3.63, 3.8) is 0 Å². The molecular formula is C16H22N4O3. The van der Waals surface area contributed by atoms with Crippen molar-refractivity contribution in [2.75, 3.05) is 18.8 Å². The highest BCUT2D eigenvalue weighted by molar-refractivity contribution is 5.92. The van der Waals surface area contributed by atoms with Gasteiger partial charge in [0.2, 0.25) is 0 Å². The topological polar surface area (TPSA) is 112 Å². The maximum atomic E-state index is 12.0. The molecule has 0 unspecified atom stereocenters. The number of aromatic nitrogens is 1. The number of hydrogen-bond acceptors (Lipinski definition) is 5. The first-order chi connectivity index (χ1) is 10.7. The smallest absolute Gasteiger partial charge is 0.410 e. The fourth-order valence-electron chi connectivity index (χ4n) is 2.24. The van der Waals surface area contributed by atoms with E-state index >= 15 is 0 Å². The van der Waals surface area contributed by atoms with Gasteiger partial charge in [-0.05, 0) is 44.9 Å². The molecule has 0 fully saturated rings. The number of pyridine rings is 1. The summed E-state index contributed by atoms with van der Waals surface area (Å²) in [4.78, 5) is 29.2. The molecule has 0 radical (unpaired) electrons. The summed E-state index contributed by atoms with van der Waals surface area (Å²) in [5, 5.41) is 0. The summed E-state index contributed by atoms with van der Waals surface area (Å²) < 4.78 is 5.35. The highest BCUT2D eigenvalue weighted by atomic mass is 16.6. The Kier molecular flexibility index (Phi) is 4.58. The number of carbonyl (C=O) groups excluding carboxylic acids is 2. The third-order valence-corrected chi connectivity index (χ3v) is 3.29. The Morgan fingerprint density at radius 1 is 1.30 bits per heavy atom. The number of anilines is 1. The monoisotopic (exact) mass is 318 g/mol. The van der Waals surface area contributed by atoms with Gasteiger partial charge in [-0.15, -0.1) is 0 Å². The summed E-state index contributed by atoms with van der Waals surface area (Å²) in [6, 6.07) is 3.14. The lowest BCUT2D eigenvalue weighted by Gasteiger charge is -2.29. The van der Waals surface area contributed by atoms with E-state index in [0.717, 1.165) is 5.57 Å². The number of amides is 2. The largest absolute Gasteiger partial charge is 0.444 e. The summed E-state index contributed by atoms with van der Waals surface area (Å²) in [5.74, 6) is -0.620. The predicted molar refractivity (Wildman–Crippen MR) is 87.6 cm³/mol. The highest BCUT2D eigenvalue weighted by Gasteiger charge is 2.24. The Morgan fingerprint density at radius 2 is 2.00 bits per heavy atom. The van der Waals surface area contributed by atoms with Crippen LogP contribution in [0.1, 0.15) is 43.4 Å². The fourth-order valence-corrected chi connectivity index (χ4v) is 2.24. The molecule has 7 heteroatoms. The predicted octanol–water partition coefficient (Wildman–Crippen LogP) is 1.79. The number of ether oxygens (including phenoxy) is 1. The Bertz CT molecular complexity index is 662. The van der Waals surface area contributed by atoms with Gasteiger partial charge in [-0.1, -0.05) is 6.08 Å². The average molecular weight is 318 g/mol. The van der Waals surface area contributed by atoms with Gasteiger partial charge in [0, 0.05) is 18.8 Å². The Labute approximate surface area is 135 Å². The molecule has 0 saturated carbocycles. The van der Waals surface area contributed by atoms with Gasteiger partial charge in [0.25, 0.3) is 5.91 Å². The van der Waals surface area contributed by atoms with Gasteiger partial charge < -0.3 is 21.1 Å². The molecule has 1 aliphatic heterocycles.